The summed E-state index contributed by atoms with van der Waals surface area (Å²) in [4.78, 5) is 0. The molecule has 0 saturated carbocycles. The zero-order valence-electron chi connectivity index (χ0n) is 39.5. The van der Waals surface area contributed by atoms with Gasteiger partial charge in [0.05, 0.1) is 0 Å². The molecule has 8 heteroatoms. The van der Waals surface area contributed by atoms with Crippen LogP contribution in [0.1, 0.15) is 244 Å². The standard InChI is InChI=1S/C52H90I.CHF3O3S/c1-5-7-9-11-13-15-21-27-33-47(3)35-29-23-17-19-25-31-37-49-39-43-51(44-40-49)53-52-45-41-50(42-46-52)38-32-26-20-18-24-30-36-48(4)34-28-22-16-14-12-10-8-6-2;2-1(3,4)8(5,6)7/h39-48H,5-38H2,1-4H3;(H,5,6,7)/q+1;/p-1. The lowest BCUT2D eigenvalue weighted by atomic mass is 9.95. The number of alkyl halides is 3. The third-order valence-corrected chi connectivity index (χ3v) is 15.5. The van der Waals surface area contributed by atoms with E-state index >= 15 is 0 Å². The van der Waals surface area contributed by atoms with Crippen LogP contribution in [0.5, 0.6) is 0 Å². The predicted molar refractivity (Wildman–Crippen MR) is 251 cm³/mol. The molecule has 2 unspecified atom stereocenters. The van der Waals surface area contributed by atoms with Crippen molar-refractivity contribution < 1.29 is 47.3 Å². The van der Waals surface area contributed by atoms with Crippen LogP contribution in [0.4, 0.5) is 13.2 Å². The number of hydrogen-bond acceptors (Lipinski definition) is 3. The molecule has 2 rings (SSSR count). The Bertz CT molecular complexity index is 1280. The zero-order chi connectivity index (χ0) is 44.9. The molecule has 0 amide bonds. The maximum atomic E-state index is 10.7. The molecule has 0 saturated heterocycles. The molecule has 0 aliphatic carbocycles. The van der Waals surface area contributed by atoms with Crippen molar-refractivity contribution in [2.75, 3.05) is 0 Å². The molecule has 354 valence electrons. The molecule has 61 heavy (non-hydrogen) atoms. The molecule has 0 spiro atoms. The van der Waals surface area contributed by atoms with Gasteiger partial charge in [-0.3, -0.25) is 0 Å². The second kappa shape index (κ2) is 38.2. The minimum atomic E-state index is -6.09. The molecule has 3 nitrogen and oxygen atoms in total. The van der Waals surface area contributed by atoms with Gasteiger partial charge in [-0.25, -0.2) is 8.42 Å². The second-order valence-corrected chi connectivity index (χ2v) is 22.7. The molecule has 0 heterocycles. The van der Waals surface area contributed by atoms with Crippen LogP contribution in [0.25, 0.3) is 0 Å². The first-order chi connectivity index (χ1) is 29.4. The summed E-state index contributed by atoms with van der Waals surface area (Å²) in [5.41, 5.74) is -2.58. The van der Waals surface area contributed by atoms with Crippen LogP contribution in [0.15, 0.2) is 48.5 Å². The zero-order valence-corrected chi connectivity index (χ0v) is 42.4. The summed E-state index contributed by atoms with van der Waals surface area (Å²) in [6.07, 6.45) is 48.5. The van der Waals surface area contributed by atoms with Crippen LogP contribution in [0, 0.1) is 19.0 Å². The van der Waals surface area contributed by atoms with E-state index in [-0.39, 0.29) is 21.2 Å². The van der Waals surface area contributed by atoms with Gasteiger partial charge >= 0.3 is 26.7 Å². The molecular weight excluding hydrogens is 901 g/mol. The average Bonchev–Trinajstić information content (AvgIpc) is 3.22. The fourth-order valence-electron chi connectivity index (χ4n) is 8.15. The molecule has 0 aromatic heterocycles. The van der Waals surface area contributed by atoms with E-state index in [9.17, 15) is 13.2 Å². The number of halogens is 4. The topological polar surface area (TPSA) is 57.2 Å². The van der Waals surface area contributed by atoms with Crippen LogP contribution in [0.2, 0.25) is 0 Å². The normalized spacial score (nSPS) is 12.9. The van der Waals surface area contributed by atoms with Gasteiger partial charge in [0.1, 0.15) is 0 Å². The molecule has 0 aliphatic heterocycles. The Morgan fingerprint density at radius 1 is 0.443 bits per heavy atom. The molecule has 0 radical (unpaired) electrons. The second-order valence-electron chi connectivity index (χ2n) is 18.3. The van der Waals surface area contributed by atoms with E-state index in [0.717, 1.165) is 11.8 Å². The summed E-state index contributed by atoms with van der Waals surface area (Å²) in [7, 11) is -6.09. The van der Waals surface area contributed by atoms with Crippen molar-refractivity contribution in [1.29, 1.82) is 0 Å². The first kappa shape index (κ1) is 57.9. The lowest BCUT2D eigenvalue weighted by Gasteiger charge is -2.11. The van der Waals surface area contributed by atoms with Crippen molar-refractivity contribution in [3.63, 3.8) is 0 Å². The highest BCUT2D eigenvalue weighted by Gasteiger charge is 2.37. The number of aryl methyl sites for hydroxylation is 2. The molecule has 0 aliphatic rings. The van der Waals surface area contributed by atoms with Gasteiger partial charge in [-0.2, -0.15) is 13.2 Å². The summed E-state index contributed by atoms with van der Waals surface area (Å²) in [5, 5.41) is 0. The van der Waals surface area contributed by atoms with E-state index in [0.29, 0.717) is 0 Å². The first-order valence-electron chi connectivity index (χ1n) is 25.2. The molecular formula is C53H90F3IO3S. The molecule has 2 aromatic rings. The van der Waals surface area contributed by atoms with Crippen molar-refractivity contribution in [3.8, 4) is 0 Å². The highest BCUT2D eigenvalue weighted by molar-refractivity contribution is 7.86. The Morgan fingerprint density at radius 3 is 0.918 bits per heavy atom. The van der Waals surface area contributed by atoms with Gasteiger partial charge in [0.15, 0.2) is 17.3 Å². The molecule has 0 bridgehead atoms. The Labute approximate surface area is 385 Å². The Morgan fingerprint density at radius 2 is 0.672 bits per heavy atom. The van der Waals surface area contributed by atoms with Gasteiger partial charge in [0, 0.05) is 0 Å². The van der Waals surface area contributed by atoms with E-state index in [2.05, 4.69) is 76.2 Å². The van der Waals surface area contributed by atoms with Gasteiger partial charge in [-0.15, -0.1) is 0 Å². The minimum absolute atomic E-state index is 0.0767. The number of benzene rings is 2. The lowest BCUT2D eigenvalue weighted by molar-refractivity contribution is -0.597. The minimum Gasteiger partial charge on any atom is -0.741 e. The SMILES string of the molecule is CCCCCCCCCCC(C)CCCCCCCCc1ccc([I+]c2ccc(CCCCCCCCC(C)CCCCCCCCCC)cc2)cc1.O=S(=O)([O-])C(F)(F)F. The maximum Gasteiger partial charge on any atom is 0.485 e. The monoisotopic (exact) mass is 991 g/mol. The van der Waals surface area contributed by atoms with E-state index in [1.54, 1.807) is 7.14 Å². The summed E-state index contributed by atoms with van der Waals surface area (Å²) in [6.45, 7) is 9.61. The molecule has 0 N–H and O–H groups in total. The fourth-order valence-corrected chi connectivity index (χ4v) is 10.3. The third kappa shape index (κ3) is 34.9. The first-order valence-corrected chi connectivity index (χ1v) is 28.8. The van der Waals surface area contributed by atoms with Gasteiger partial charge in [-0.1, -0.05) is 245 Å². The van der Waals surface area contributed by atoms with Crippen molar-refractivity contribution in [3.05, 3.63) is 66.8 Å². The Hall–Kier alpha value is -1.13. The summed E-state index contributed by atoms with van der Waals surface area (Å²) in [5.74, 6) is 1.87. The molecule has 2 atom stereocenters. The molecule has 2 aromatic carbocycles. The van der Waals surface area contributed by atoms with E-state index in [1.165, 1.54) is 229 Å². The molecule has 0 fully saturated rings. The lowest BCUT2D eigenvalue weighted by Crippen LogP contribution is -3.61. The van der Waals surface area contributed by atoms with Crippen LogP contribution in [-0.4, -0.2) is 18.5 Å². The van der Waals surface area contributed by atoms with Crippen LogP contribution >= 0.6 is 0 Å². The van der Waals surface area contributed by atoms with Gasteiger partial charge in [-0.05, 0) is 72.9 Å². The average molecular weight is 991 g/mol. The summed E-state index contributed by atoms with van der Waals surface area (Å²) in [6, 6.07) is 19.3. The van der Waals surface area contributed by atoms with Gasteiger partial charge in [0.25, 0.3) is 0 Å². The predicted octanol–water partition coefficient (Wildman–Crippen LogP) is 14.7. The Balaban J connectivity index is 0.00000210. The van der Waals surface area contributed by atoms with Crippen LogP contribution < -0.4 is 21.2 Å². The van der Waals surface area contributed by atoms with Crippen molar-refractivity contribution in [2.24, 2.45) is 11.8 Å². The van der Waals surface area contributed by atoms with Gasteiger partial charge in [0.2, 0.25) is 0 Å². The highest BCUT2D eigenvalue weighted by atomic mass is 127. The van der Waals surface area contributed by atoms with E-state index in [4.69, 9.17) is 13.0 Å². The van der Waals surface area contributed by atoms with Crippen molar-refractivity contribution in [2.45, 2.75) is 252 Å². The maximum absolute atomic E-state index is 10.7. The van der Waals surface area contributed by atoms with Crippen LogP contribution in [0.3, 0.4) is 0 Å². The van der Waals surface area contributed by atoms with Gasteiger partial charge < -0.3 is 4.55 Å². The summed E-state index contributed by atoms with van der Waals surface area (Å²) < 4.78 is 62.0. The van der Waals surface area contributed by atoms with Crippen molar-refractivity contribution in [1.82, 2.24) is 0 Å². The van der Waals surface area contributed by atoms with E-state index < -0.39 is 15.6 Å². The highest BCUT2D eigenvalue weighted by Crippen LogP contribution is 2.22. The number of unbranched alkanes of at least 4 members (excludes halogenated alkanes) is 24. The smallest absolute Gasteiger partial charge is 0.485 e. The van der Waals surface area contributed by atoms with Crippen molar-refractivity contribution >= 4 is 10.1 Å². The quantitative estimate of drug-likeness (QED) is 0.0292. The van der Waals surface area contributed by atoms with Crippen LogP contribution in [-0.2, 0) is 23.0 Å². The Kier molecular flexibility index (Phi) is 36.2. The summed E-state index contributed by atoms with van der Waals surface area (Å²) >= 11 is -0.0767. The number of hydrogen-bond donors (Lipinski definition) is 0. The number of rotatable bonds is 38. The largest absolute Gasteiger partial charge is 0.741 e. The van der Waals surface area contributed by atoms with E-state index in [1.807, 2.05) is 0 Å². The third-order valence-electron chi connectivity index (χ3n) is 12.3. The fraction of sp³-hybridized carbons (Fsp3) is 0.774.